The highest BCUT2D eigenvalue weighted by atomic mass is 35.5. The van der Waals surface area contributed by atoms with Crippen molar-refractivity contribution in [3.8, 4) is 0 Å². The molecule has 0 radical (unpaired) electrons. The Morgan fingerprint density at radius 2 is 2.28 bits per heavy atom. The summed E-state index contributed by atoms with van der Waals surface area (Å²) >= 11 is 5.49. The molecule has 9 heteroatoms. The summed E-state index contributed by atoms with van der Waals surface area (Å²) in [6.07, 6.45) is -3.15. The van der Waals surface area contributed by atoms with E-state index in [1.165, 1.54) is 6.92 Å². The lowest BCUT2D eigenvalue weighted by molar-refractivity contribution is -0.389. The van der Waals surface area contributed by atoms with Gasteiger partial charge in [0.2, 0.25) is 5.69 Å². The average molecular weight is 281 g/mol. The number of nitro groups is 1. The summed E-state index contributed by atoms with van der Waals surface area (Å²) in [5, 5.41) is 9.99. The third-order valence-electron chi connectivity index (χ3n) is 1.86. The van der Waals surface area contributed by atoms with E-state index in [1.54, 1.807) is 0 Å². The van der Waals surface area contributed by atoms with Crippen LogP contribution in [-0.2, 0) is 4.74 Å². The van der Waals surface area contributed by atoms with E-state index in [1.807, 2.05) is 0 Å². The molecule has 1 heterocycles. The van der Waals surface area contributed by atoms with Gasteiger partial charge in [-0.2, -0.15) is 0 Å². The van der Waals surface area contributed by atoms with Crippen LogP contribution in [0.4, 0.5) is 14.6 Å². The smallest absolute Gasteiger partial charge is 0.382 e. The minimum Gasteiger partial charge on any atom is -0.462 e. The van der Waals surface area contributed by atoms with Crippen LogP contribution in [0, 0.1) is 10.1 Å². The zero-order chi connectivity index (χ0) is 13.9. The maximum atomic E-state index is 12.7. The molecule has 0 spiro atoms. The third-order valence-corrected chi connectivity index (χ3v) is 2.14. The highest BCUT2D eigenvalue weighted by Gasteiger charge is 2.30. The molecule has 0 aliphatic rings. The number of hydrogen-bond acceptors (Lipinski definition) is 5. The van der Waals surface area contributed by atoms with Gasteiger partial charge >= 0.3 is 18.2 Å². The Hall–Kier alpha value is -1.83. The summed E-state index contributed by atoms with van der Waals surface area (Å²) in [7, 11) is 0. The fraction of sp³-hybridized carbons (Fsp3) is 0.333. The van der Waals surface area contributed by atoms with Crippen LogP contribution in [0.25, 0.3) is 0 Å². The van der Waals surface area contributed by atoms with Gasteiger partial charge in [-0.25, -0.2) is 13.6 Å². The van der Waals surface area contributed by atoms with E-state index in [0.717, 1.165) is 6.07 Å². The molecule has 0 atom stereocenters. The molecule has 0 bridgehead atoms. The number of rotatable bonds is 4. The fourth-order valence-corrected chi connectivity index (χ4v) is 1.38. The van der Waals surface area contributed by atoms with Crippen LogP contribution >= 0.6 is 11.6 Å². The van der Waals surface area contributed by atoms with E-state index in [4.69, 9.17) is 11.6 Å². The van der Waals surface area contributed by atoms with Crippen LogP contribution < -0.4 is 0 Å². The number of ether oxygens (including phenoxy) is 1. The first-order valence-corrected chi connectivity index (χ1v) is 5.06. The Labute approximate surface area is 105 Å². The first-order chi connectivity index (χ1) is 8.38. The van der Waals surface area contributed by atoms with Crippen LogP contribution in [0.5, 0.6) is 0 Å². The average Bonchev–Trinajstić information content (AvgIpc) is 2.27. The molecule has 6 nitrogen and oxygen atoms in total. The SMILES string of the molecule is CCOC(=O)c1cc(Cl)c([N+](=O)[O-])nc1C(F)F. The normalized spacial score (nSPS) is 10.5. The van der Waals surface area contributed by atoms with Crippen LogP contribution in [0.3, 0.4) is 0 Å². The Morgan fingerprint density at radius 1 is 1.67 bits per heavy atom. The van der Waals surface area contributed by atoms with E-state index in [9.17, 15) is 23.7 Å². The van der Waals surface area contributed by atoms with Crippen molar-refractivity contribution < 1.29 is 23.2 Å². The number of nitrogens with zero attached hydrogens (tertiary/aromatic N) is 2. The summed E-state index contributed by atoms with van der Waals surface area (Å²) in [5.74, 6) is -1.99. The van der Waals surface area contributed by atoms with Crippen LogP contribution in [0.2, 0.25) is 5.02 Å². The number of carbonyl (C=O) groups is 1. The Bertz CT molecular complexity index is 496. The predicted octanol–water partition coefficient (Wildman–Crippen LogP) is 2.76. The largest absolute Gasteiger partial charge is 0.462 e. The molecular weight excluding hydrogens is 274 g/mol. The maximum absolute atomic E-state index is 12.7. The van der Waals surface area contributed by atoms with Crippen molar-refractivity contribution in [2.75, 3.05) is 6.61 Å². The molecule has 0 aliphatic carbocycles. The van der Waals surface area contributed by atoms with Gasteiger partial charge in [-0.05, 0) is 22.9 Å². The molecule has 0 saturated carbocycles. The molecule has 1 rings (SSSR count). The number of esters is 1. The maximum Gasteiger partial charge on any atom is 0.382 e. The van der Waals surface area contributed by atoms with E-state index in [-0.39, 0.29) is 6.61 Å². The Balaban J connectivity index is 3.38. The van der Waals surface area contributed by atoms with E-state index < -0.39 is 39.4 Å². The van der Waals surface area contributed by atoms with Gasteiger partial charge in [-0.15, -0.1) is 0 Å². The quantitative estimate of drug-likeness (QED) is 0.481. The first-order valence-electron chi connectivity index (χ1n) is 4.68. The summed E-state index contributed by atoms with van der Waals surface area (Å²) in [4.78, 5) is 24.0. The molecule has 98 valence electrons. The second kappa shape index (κ2) is 5.67. The van der Waals surface area contributed by atoms with Crippen molar-refractivity contribution in [1.29, 1.82) is 0 Å². The lowest BCUT2D eigenvalue weighted by atomic mass is 10.2. The molecule has 0 aliphatic heterocycles. The molecular formula is C9H7ClF2N2O4. The molecule has 0 N–H and O–H groups in total. The molecule has 1 aromatic heterocycles. The zero-order valence-electron chi connectivity index (χ0n) is 9.02. The molecule has 0 saturated heterocycles. The highest BCUT2D eigenvalue weighted by Crippen LogP contribution is 2.30. The number of halogens is 3. The van der Waals surface area contributed by atoms with Crippen LogP contribution in [-0.4, -0.2) is 22.5 Å². The molecule has 0 fully saturated rings. The van der Waals surface area contributed by atoms with Gasteiger partial charge in [-0.3, -0.25) is 0 Å². The van der Waals surface area contributed by atoms with Gasteiger partial charge < -0.3 is 14.9 Å². The Morgan fingerprint density at radius 3 is 2.72 bits per heavy atom. The molecule has 18 heavy (non-hydrogen) atoms. The van der Waals surface area contributed by atoms with Crippen molar-refractivity contribution in [2.45, 2.75) is 13.3 Å². The van der Waals surface area contributed by atoms with Gasteiger partial charge in [0.25, 0.3) is 0 Å². The van der Waals surface area contributed by atoms with Crippen molar-refractivity contribution in [1.82, 2.24) is 4.98 Å². The molecule has 0 amide bonds. The summed E-state index contributed by atoms with van der Waals surface area (Å²) in [6.45, 7) is 1.45. The lowest BCUT2D eigenvalue weighted by Gasteiger charge is -2.05. The van der Waals surface area contributed by atoms with Crippen LogP contribution in [0.15, 0.2) is 6.07 Å². The highest BCUT2D eigenvalue weighted by molar-refractivity contribution is 6.32. The van der Waals surface area contributed by atoms with Gasteiger partial charge in [0.1, 0.15) is 10.6 Å². The third kappa shape index (κ3) is 2.89. The van der Waals surface area contributed by atoms with Gasteiger partial charge in [0.05, 0.1) is 6.61 Å². The number of carbonyl (C=O) groups excluding carboxylic acids is 1. The predicted molar refractivity (Wildman–Crippen MR) is 56.8 cm³/mol. The summed E-state index contributed by atoms with van der Waals surface area (Å²) in [5.41, 5.74) is -1.60. The number of aromatic nitrogens is 1. The lowest BCUT2D eigenvalue weighted by Crippen LogP contribution is -2.11. The van der Waals surface area contributed by atoms with Crippen molar-refractivity contribution in [3.63, 3.8) is 0 Å². The zero-order valence-corrected chi connectivity index (χ0v) is 9.78. The van der Waals surface area contributed by atoms with Gasteiger partial charge in [0.15, 0.2) is 0 Å². The first kappa shape index (κ1) is 14.2. The van der Waals surface area contributed by atoms with Crippen molar-refractivity contribution in [2.24, 2.45) is 0 Å². The van der Waals surface area contributed by atoms with Gasteiger partial charge in [-0.1, -0.05) is 11.6 Å². The Kier molecular flexibility index (Phi) is 4.49. The second-order valence-electron chi connectivity index (χ2n) is 3.00. The standard InChI is InChI=1S/C9H7ClF2N2O4/c1-2-18-9(15)4-3-5(10)8(14(16)17)13-6(4)7(11)12/h3,7H,2H2,1H3. The molecule has 0 aromatic carbocycles. The second-order valence-corrected chi connectivity index (χ2v) is 3.41. The summed E-state index contributed by atoms with van der Waals surface area (Å²) < 4.78 is 29.9. The van der Waals surface area contributed by atoms with E-state index in [2.05, 4.69) is 9.72 Å². The fourth-order valence-electron chi connectivity index (χ4n) is 1.16. The number of hydrogen-bond donors (Lipinski definition) is 0. The molecule has 0 unspecified atom stereocenters. The topological polar surface area (TPSA) is 82.3 Å². The van der Waals surface area contributed by atoms with Crippen LogP contribution in [0.1, 0.15) is 29.4 Å². The monoisotopic (exact) mass is 280 g/mol. The molecule has 1 aromatic rings. The van der Waals surface area contributed by atoms with Crippen molar-refractivity contribution in [3.05, 3.63) is 32.5 Å². The van der Waals surface area contributed by atoms with Gasteiger partial charge in [0, 0.05) is 0 Å². The van der Waals surface area contributed by atoms with E-state index in [0.29, 0.717) is 0 Å². The minimum atomic E-state index is -3.15. The minimum absolute atomic E-state index is 0.0316. The summed E-state index contributed by atoms with van der Waals surface area (Å²) in [6, 6.07) is 0.756. The number of alkyl halides is 2. The van der Waals surface area contributed by atoms with Crippen molar-refractivity contribution >= 4 is 23.4 Å². The van der Waals surface area contributed by atoms with E-state index >= 15 is 0 Å². The number of pyridine rings is 1.